The van der Waals surface area contributed by atoms with Crippen molar-refractivity contribution < 1.29 is 9.53 Å². The Morgan fingerprint density at radius 3 is 2.71 bits per heavy atom. The van der Waals surface area contributed by atoms with Gasteiger partial charge in [-0.05, 0) is 5.56 Å². The quantitative estimate of drug-likeness (QED) is 0.527. The topological polar surface area (TPSA) is 38.3 Å². The fourth-order valence-electron chi connectivity index (χ4n) is 0.923. The lowest BCUT2D eigenvalue weighted by Crippen LogP contribution is -2.25. The first-order valence-corrected chi connectivity index (χ1v) is 5.86. The molecule has 14 heavy (non-hydrogen) atoms. The molecule has 1 N–H and O–H groups in total. The van der Waals surface area contributed by atoms with Gasteiger partial charge in [-0.25, -0.2) is 4.79 Å². The predicted octanol–water partition coefficient (Wildman–Crippen LogP) is 2.35. The smallest absolute Gasteiger partial charge is 0.407 e. The highest BCUT2D eigenvalue weighted by molar-refractivity contribution is 14.1. The normalized spacial score (nSPS) is 9.50. The van der Waals surface area contributed by atoms with Gasteiger partial charge >= 0.3 is 6.09 Å². The van der Waals surface area contributed by atoms with Crippen LogP contribution >= 0.6 is 22.6 Å². The van der Waals surface area contributed by atoms with E-state index >= 15 is 0 Å². The van der Waals surface area contributed by atoms with E-state index in [1.54, 1.807) is 0 Å². The molecule has 0 aliphatic rings. The summed E-state index contributed by atoms with van der Waals surface area (Å²) in [6.45, 7) is 0.974. The molecule has 3 nitrogen and oxygen atoms in total. The molecule has 0 aliphatic heterocycles. The van der Waals surface area contributed by atoms with Gasteiger partial charge in [0.05, 0.1) is 0 Å². The van der Waals surface area contributed by atoms with Crippen molar-refractivity contribution in [2.24, 2.45) is 0 Å². The Bertz CT molecular complexity index is 277. The van der Waals surface area contributed by atoms with E-state index in [1.165, 1.54) is 0 Å². The van der Waals surface area contributed by atoms with Gasteiger partial charge in [-0.15, -0.1) is 0 Å². The van der Waals surface area contributed by atoms with E-state index in [1.807, 2.05) is 30.3 Å². The number of carbonyl (C=O) groups excluding carboxylic acids is 1. The number of hydrogen-bond acceptors (Lipinski definition) is 2. The van der Waals surface area contributed by atoms with Gasteiger partial charge in [-0.1, -0.05) is 52.9 Å². The maximum Gasteiger partial charge on any atom is 0.407 e. The first kappa shape index (κ1) is 11.3. The molecule has 0 unspecified atom stereocenters. The van der Waals surface area contributed by atoms with E-state index in [2.05, 4.69) is 27.9 Å². The minimum atomic E-state index is -0.356. The summed E-state index contributed by atoms with van der Waals surface area (Å²) in [6, 6.07) is 9.61. The van der Waals surface area contributed by atoms with E-state index in [4.69, 9.17) is 4.74 Å². The molecule has 0 aliphatic carbocycles. The fraction of sp³-hybridized carbons (Fsp3) is 0.300. The van der Waals surface area contributed by atoms with E-state index in [9.17, 15) is 4.79 Å². The summed E-state index contributed by atoms with van der Waals surface area (Å²) in [5.74, 6) is 0. The van der Waals surface area contributed by atoms with Gasteiger partial charge in [0.2, 0.25) is 0 Å². The molecule has 0 atom stereocenters. The Morgan fingerprint density at radius 1 is 1.36 bits per heavy atom. The number of amides is 1. The summed E-state index contributed by atoms with van der Waals surface area (Å²) in [5, 5.41) is 2.63. The molecule has 1 amide bonds. The lowest BCUT2D eigenvalue weighted by Gasteiger charge is -2.05. The molecule has 4 heteroatoms. The minimum absolute atomic E-state index is 0.327. The molecule has 0 bridgehead atoms. The molecule has 0 spiro atoms. The molecule has 1 rings (SSSR count). The van der Waals surface area contributed by atoms with Gasteiger partial charge in [0.15, 0.2) is 0 Å². The van der Waals surface area contributed by atoms with Gasteiger partial charge in [0.25, 0.3) is 0 Å². The zero-order chi connectivity index (χ0) is 10.2. The summed E-state index contributed by atoms with van der Waals surface area (Å²) in [4.78, 5) is 11.0. The van der Waals surface area contributed by atoms with Crippen LogP contribution in [-0.4, -0.2) is 17.1 Å². The van der Waals surface area contributed by atoms with Crippen molar-refractivity contribution in [2.75, 3.05) is 11.0 Å². The number of ether oxygens (including phenoxy) is 1. The summed E-state index contributed by atoms with van der Waals surface area (Å²) in [5.41, 5.74) is 0.997. The maximum absolute atomic E-state index is 11.0. The number of alkyl carbamates (subject to hydrolysis) is 1. The van der Waals surface area contributed by atoms with Crippen LogP contribution in [0.3, 0.4) is 0 Å². The van der Waals surface area contributed by atoms with Crippen LogP contribution in [0, 0.1) is 0 Å². The predicted molar refractivity (Wildman–Crippen MR) is 63.5 cm³/mol. The van der Waals surface area contributed by atoms with Crippen LogP contribution < -0.4 is 5.32 Å². The third kappa shape index (κ3) is 4.45. The molecule has 1 aromatic carbocycles. The monoisotopic (exact) mass is 306 g/mol. The summed E-state index contributed by atoms with van der Waals surface area (Å²) < 4.78 is 5.86. The van der Waals surface area contributed by atoms with Gasteiger partial charge in [-0.3, -0.25) is 0 Å². The number of carbonyl (C=O) groups is 1. The first-order chi connectivity index (χ1) is 6.83. The number of halogens is 1. The van der Waals surface area contributed by atoms with Crippen molar-refractivity contribution in [3.63, 3.8) is 0 Å². The fourth-order valence-corrected chi connectivity index (χ4v) is 1.19. The Labute approximate surface area is 97.0 Å². The molecule has 76 valence electrons. The highest BCUT2D eigenvalue weighted by atomic mass is 127. The van der Waals surface area contributed by atoms with E-state index < -0.39 is 0 Å². The van der Waals surface area contributed by atoms with Crippen LogP contribution in [0.5, 0.6) is 0 Å². The zero-order valence-electron chi connectivity index (χ0n) is 7.70. The third-order valence-electron chi connectivity index (χ3n) is 1.58. The number of alkyl halides is 1. The third-order valence-corrected chi connectivity index (χ3v) is 2.12. The highest BCUT2D eigenvalue weighted by Gasteiger charge is 1.99. The number of benzene rings is 1. The maximum atomic E-state index is 11.0. The Hall–Kier alpha value is -0.780. The van der Waals surface area contributed by atoms with Crippen molar-refractivity contribution in [1.82, 2.24) is 5.32 Å². The molecule has 0 saturated heterocycles. The highest BCUT2D eigenvalue weighted by Crippen LogP contribution is 2.00. The number of nitrogens with one attached hydrogen (secondary N) is 1. The van der Waals surface area contributed by atoms with Crippen molar-refractivity contribution in [3.8, 4) is 0 Å². The molecule has 0 fully saturated rings. The average molecular weight is 306 g/mol. The van der Waals surface area contributed by atoms with E-state index in [0.717, 1.165) is 9.99 Å². The standard InChI is InChI=1S/C10H12INO2/c11-6-7-12-10(13)14-8-9-4-2-1-3-5-9/h1-5H,6-8H2,(H,12,13)/i6+1. The largest absolute Gasteiger partial charge is 0.445 e. The summed E-state index contributed by atoms with van der Waals surface area (Å²) >= 11 is 2.19. The lowest BCUT2D eigenvalue weighted by molar-refractivity contribution is 0.140. The summed E-state index contributed by atoms with van der Waals surface area (Å²) in [6.07, 6.45) is -0.356. The first-order valence-electron chi connectivity index (χ1n) is 4.33. The van der Waals surface area contributed by atoms with Crippen molar-refractivity contribution in [3.05, 3.63) is 35.9 Å². The van der Waals surface area contributed by atoms with Gasteiger partial charge < -0.3 is 10.1 Å². The lowest BCUT2D eigenvalue weighted by atomic mass is 10.2. The second-order valence-electron chi connectivity index (χ2n) is 2.68. The van der Waals surface area contributed by atoms with Crippen LogP contribution in [0.25, 0.3) is 0 Å². The van der Waals surface area contributed by atoms with Crippen molar-refractivity contribution in [2.45, 2.75) is 6.61 Å². The van der Waals surface area contributed by atoms with Gasteiger partial charge in [0, 0.05) is 11.0 Å². The van der Waals surface area contributed by atoms with Crippen molar-refractivity contribution in [1.29, 1.82) is 0 Å². The number of rotatable bonds is 4. The molecule has 1 aromatic rings. The Morgan fingerprint density at radius 2 is 2.07 bits per heavy atom. The SMILES string of the molecule is O=C(NC[13CH2]I)OCc1ccccc1. The van der Waals surface area contributed by atoms with Crippen LogP contribution in [-0.2, 0) is 11.3 Å². The second kappa shape index (κ2) is 6.64. The second-order valence-corrected chi connectivity index (χ2v) is 3.76. The zero-order valence-corrected chi connectivity index (χ0v) is 9.86. The molecule has 0 radical (unpaired) electrons. The minimum Gasteiger partial charge on any atom is -0.445 e. The van der Waals surface area contributed by atoms with Gasteiger partial charge in [0.1, 0.15) is 6.61 Å². The summed E-state index contributed by atoms with van der Waals surface area (Å²) in [7, 11) is 0. The van der Waals surface area contributed by atoms with Crippen LogP contribution in [0.4, 0.5) is 4.79 Å². The van der Waals surface area contributed by atoms with Gasteiger partial charge in [-0.2, -0.15) is 0 Å². The molecule has 0 aromatic heterocycles. The van der Waals surface area contributed by atoms with Crippen molar-refractivity contribution >= 4 is 28.7 Å². The number of hydrogen-bond donors (Lipinski definition) is 1. The molecular formula is C10H12INO2. The average Bonchev–Trinajstić information content (AvgIpc) is 2.25. The Balaban J connectivity index is 2.24. The molecular weight excluding hydrogens is 294 g/mol. The van der Waals surface area contributed by atoms with E-state index in [-0.39, 0.29) is 6.09 Å². The van der Waals surface area contributed by atoms with Crippen LogP contribution in [0.1, 0.15) is 5.56 Å². The Kier molecular flexibility index (Phi) is 5.36. The molecule has 0 heterocycles. The molecule has 0 saturated carbocycles. The van der Waals surface area contributed by atoms with E-state index in [0.29, 0.717) is 13.2 Å². The van der Waals surface area contributed by atoms with Crippen LogP contribution in [0.2, 0.25) is 0 Å². The van der Waals surface area contributed by atoms with Crippen LogP contribution in [0.15, 0.2) is 30.3 Å².